The average Bonchev–Trinajstić information content (AvgIpc) is 3.13. The van der Waals surface area contributed by atoms with E-state index in [0.717, 1.165) is 55.0 Å². The Balaban J connectivity index is 1.41. The summed E-state index contributed by atoms with van der Waals surface area (Å²) in [6, 6.07) is 8.14. The summed E-state index contributed by atoms with van der Waals surface area (Å²) in [6.07, 6.45) is 6.01. The van der Waals surface area contributed by atoms with Gasteiger partial charge in [0.05, 0.1) is 6.10 Å². The largest absolute Gasteiger partial charge is 0.387 e. The molecule has 4 rings (SSSR count). The molecule has 1 aromatic carbocycles. The number of piperazine rings is 1. The van der Waals surface area contributed by atoms with Crippen molar-refractivity contribution in [2.24, 2.45) is 0 Å². The summed E-state index contributed by atoms with van der Waals surface area (Å²) in [7, 11) is 0. The average molecular weight is 351 g/mol. The maximum atomic E-state index is 10.8. The molecular weight excluding hydrogens is 326 g/mol. The van der Waals surface area contributed by atoms with Crippen LogP contribution in [0.4, 0.5) is 5.95 Å². The number of rotatable bonds is 5. The van der Waals surface area contributed by atoms with Crippen LogP contribution in [0.15, 0.2) is 42.9 Å². The number of aliphatic hydroxyl groups is 1. The van der Waals surface area contributed by atoms with E-state index in [2.05, 4.69) is 49.9 Å². The predicted molar refractivity (Wildman–Crippen MR) is 103 cm³/mol. The standard InChI is InChI=1S/C20H25N5O/c1-2-15-5-3-6-16-17(13-23-19(15)16)18(26)14-24-9-11-25(12-10-24)20-21-7-4-8-22-20/h3-8,13,18,23,26H,2,9-12,14H2,1H3. The molecule has 0 amide bonds. The Morgan fingerprint density at radius 1 is 1.12 bits per heavy atom. The van der Waals surface area contributed by atoms with Crippen molar-refractivity contribution in [3.63, 3.8) is 0 Å². The van der Waals surface area contributed by atoms with Crippen molar-refractivity contribution in [3.8, 4) is 0 Å². The Bertz CT molecular complexity index is 855. The number of nitrogens with one attached hydrogen (secondary N) is 1. The molecule has 6 heteroatoms. The highest BCUT2D eigenvalue weighted by Gasteiger charge is 2.22. The number of benzene rings is 1. The van der Waals surface area contributed by atoms with E-state index in [9.17, 15) is 5.11 Å². The van der Waals surface area contributed by atoms with Crippen molar-refractivity contribution in [2.75, 3.05) is 37.6 Å². The Morgan fingerprint density at radius 2 is 1.88 bits per heavy atom. The summed E-state index contributed by atoms with van der Waals surface area (Å²) in [4.78, 5) is 16.5. The maximum Gasteiger partial charge on any atom is 0.225 e. The summed E-state index contributed by atoms with van der Waals surface area (Å²) in [5.41, 5.74) is 3.43. The number of aromatic nitrogens is 3. The summed E-state index contributed by atoms with van der Waals surface area (Å²) in [5, 5.41) is 11.9. The van der Waals surface area contributed by atoms with Gasteiger partial charge < -0.3 is 15.0 Å². The lowest BCUT2D eigenvalue weighted by Gasteiger charge is -2.35. The highest BCUT2D eigenvalue weighted by atomic mass is 16.3. The Morgan fingerprint density at radius 3 is 2.62 bits per heavy atom. The number of aliphatic hydroxyl groups excluding tert-OH is 1. The molecule has 26 heavy (non-hydrogen) atoms. The first-order chi connectivity index (χ1) is 12.8. The first kappa shape index (κ1) is 17.0. The number of para-hydroxylation sites is 1. The maximum absolute atomic E-state index is 10.8. The quantitative estimate of drug-likeness (QED) is 0.739. The van der Waals surface area contributed by atoms with Crippen LogP contribution in [0.5, 0.6) is 0 Å². The van der Waals surface area contributed by atoms with Gasteiger partial charge in [-0.15, -0.1) is 0 Å². The van der Waals surface area contributed by atoms with Gasteiger partial charge in [-0.2, -0.15) is 0 Å². The fourth-order valence-electron chi connectivity index (χ4n) is 3.74. The molecule has 0 bridgehead atoms. The summed E-state index contributed by atoms with van der Waals surface area (Å²) in [6.45, 7) is 6.36. The normalized spacial score (nSPS) is 16.9. The first-order valence-corrected chi connectivity index (χ1v) is 9.27. The van der Waals surface area contributed by atoms with Crippen LogP contribution in [0.1, 0.15) is 24.2 Å². The number of anilines is 1. The van der Waals surface area contributed by atoms with E-state index in [0.29, 0.717) is 6.54 Å². The van der Waals surface area contributed by atoms with Gasteiger partial charge in [0, 0.05) is 67.8 Å². The van der Waals surface area contributed by atoms with Gasteiger partial charge in [-0.3, -0.25) is 4.90 Å². The number of aromatic amines is 1. The number of nitrogens with zero attached hydrogens (tertiary/aromatic N) is 4. The Labute approximate surface area is 153 Å². The number of aryl methyl sites for hydroxylation is 1. The third-order valence-corrected chi connectivity index (χ3v) is 5.21. The third-order valence-electron chi connectivity index (χ3n) is 5.21. The molecule has 1 fully saturated rings. The molecule has 1 aliphatic rings. The predicted octanol–water partition coefficient (Wildman–Crippen LogP) is 2.38. The molecule has 1 saturated heterocycles. The fraction of sp³-hybridized carbons (Fsp3) is 0.400. The van der Waals surface area contributed by atoms with Crippen LogP contribution >= 0.6 is 0 Å². The van der Waals surface area contributed by atoms with E-state index in [-0.39, 0.29) is 0 Å². The lowest BCUT2D eigenvalue weighted by molar-refractivity contribution is 0.110. The van der Waals surface area contributed by atoms with Crippen LogP contribution in [0, 0.1) is 0 Å². The number of H-pyrrole nitrogens is 1. The lowest BCUT2D eigenvalue weighted by atomic mass is 10.0. The molecule has 3 aromatic rings. The zero-order chi connectivity index (χ0) is 17.9. The summed E-state index contributed by atoms with van der Waals surface area (Å²) >= 11 is 0. The minimum atomic E-state index is -0.490. The Kier molecular flexibility index (Phi) is 4.86. The second kappa shape index (κ2) is 7.43. The molecule has 0 saturated carbocycles. The van der Waals surface area contributed by atoms with Gasteiger partial charge in [-0.05, 0) is 18.1 Å². The molecular formula is C20H25N5O. The van der Waals surface area contributed by atoms with Crippen LogP contribution in [0.2, 0.25) is 0 Å². The van der Waals surface area contributed by atoms with Crippen molar-refractivity contribution in [1.29, 1.82) is 0 Å². The molecule has 1 atom stereocenters. The van der Waals surface area contributed by atoms with E-state index in [4.69, 9.17) is 0 Å². The van der Waals surface area contributed by atoms with E-state index >= 15 is 0 Å². The van der Waals surface area contributed by atoms with Crippen LogP contribution in [0.3, 0.4) is 0 Å². The van der Waals surface area contributed by atoms with E-state index in [1.165, 1.54) is 5.56 Å². The molecule has 2 N–H and O–H groups in total. The van der Waals surface area contributed by atoms with E-state index in [1.54, 1.807) is 12.4 Å². The number of hydrogen-bond acceptors (Lipinski definition) is 5. The van der Waals surface area contributed by atoms with Crippen LogP contribution in [0.25, 0.3) is 10.9 Å². The molecule has 0 spiro atoms. The minimum absolute atomic E-state index is 0.490. The molecule has 2 aromatic heterocycles. The topological polar surface area (TPSA) is 68.3 Å². The highest BCUT2D eigenvalue weighted by molar-refractivity contribution is 5.86. The van der Waals surface area contributed by atoms with Crippen molar-refractivity contribution in [3.05, 3.63) is 54.0 Å². The smallest absolute Gasteiger partial charge is 0.225 e. The number of hydrogen-bond donors (Lipinski definition) is 2. The number of β-amino-alcohol motifs (C(OH)–C–C–N with tert-alkyl or cyclic N) is 1. The SMILES string of the molecule is CCc1cccc2c(C(O)CN3CCN(c4ncccn4)CC3)c[nH]c12. The van der Waals surface area contributed by atoms with Gasteiger partial charge in [-0.25, -0.2) is 9.97 Å². The van der Waals surface area contributed by atoms with Crippen molar-refractivity contribution < 1.29 is 5.11 Å². The lowest BCUT2D eigenvalue weighted by Crippen LogP contribution is -2.48. The van der Waals surface area contributed by atoms with Crippen LogP contribution < -0.4 is 4.90 Å². The van der Waals surface area contributed by atoms with Crippen LogP contribution in [-0.2, 0) is 6.42 Å². The third kappa shape index (κ3) is 3.30. The van der Waals surface area contributed by atoms with E-state index < -0.39 is 6.10 Å². The second-order valence-corrected chi connectivity index (χ2v) is 6.79. The minimum Gasteiger partial charge on any atom is -0.387 e. The molecule has 1 unspecified atom stereocenters. The number of fused-ring (bicyclic) bond motifs is 1. The van der Waals surface area contributed by atoms with Gasteiger partial charge >= 0.3 is 0 Å². The van der Waals surface area contributed by atoms with Gasteiger partial charge in [0.25, 0.3) is 0 Å². The van der Waals surface area contributed by atoms with Crippen molar-refractivity contribution >= 4 is 16.9 Å². The molecule has 0 radical (unpaired) electrons. The Hall–Kier alpha value is -2.44. The molecule has 0 aliphatic carbocycles. The van der Waals surface area contributed by atoms with Crippen LogP contribution in [-0.4, -0.2) is 57.7 Å². The van der Waals surface area contributed by atoms with Gasteiger partial charge in [0.1, 0.15) is 0 Å². The zero-order valence-electron chi connectivity index (χ0n) is 15.1. The van der Waals surface area contributed by atoms with Gasteiger partial charge in [-0.1, -0.05) is 25.1 Å². The highest BCUT2D eigenvalue weighted by Crippen LogP contribution is 2.27. The first-order valence-electron chi connectivity index (χ1n) is 9.27. The van der Waals surface area contributed by atoms with Gasteiger partial charge in [0.2, 0.25) is 5.95 Å². The molecule has 1 aliphatic heterocycles. The van der Waals surface area contributed by atoms with Crippen molar-refractivity contribution in [1.82, 2.24) is 19.9 Å². The second-order valence-electron chi connectivity index (χ2n) is 6.79. The summed E-state index contributed by atoms with van der Waals surface area (Å²) < 4.78 is 0. The van der Waals surface area contributed by atoms with E-state index in [1.807, 2.05) is 12.3 Å². The molecule has 6 nitrogen and oxygen atoms in total. The zero-order valence-corrected chi connectivity index (χ0v) is 15.1. The molecule has 136 valence electrons. The monoisotopic (exact) mass is 351 g/mol. The molecule has 3 heterocycles. The summed E-state index contributed by atoms with van der Waals surface area (Å²) in [5.74, 6) is 0.788. The van der Waals surface area contributed by atoms with Crippen molar-refractivity contribution in [2.45, 2.75) is 19.4 Å². The van der Waals surface area contributed by atoms with Gasteiger partial charge in [0.15, 0.2) is 0 Å². The fourth-order valence-corrected chi connectivity index (χ4v) is 3.74.